The molecular weight excluding hydrogens is 148 g/mol. The molecule has 0 saturated heterocycles. The van der Waals surface area contributed by atoms with Crippen LogP contribution < -0.4 is 0 Å². The molecule has 1 N–H and O–H groups in total. The largest absolute Gasteiger partial charge is 0.282 e. The van der Waals surface area contributed by atoms with Gasteiger partial charge in [0.05, 0.1) is 5.69 Å². The third-order valence-corrected chi connectivity index (χ3v) is 2.25. The third kappa shape index (κ3) is 2.10. The van der Waals surface area contributed by atoms with Gasteiger partial charge < -0.3 is 0 Å². The Labute approximate surface area is 74.4 Å². The van der Waals surface area contributed by atoms with Crippen molar-refractivity contribution in [3.8, 4) is 0 Å². The highest BCUT2D eigenvalue weighted by atomic mass is 15.1. The van der Waals surface area contributed by atoms with Crippen LogP contribution in [0.15, 0.2) is 0 Å². The summed E-state index contributed by atoms with van der Waals surface area (Å²) in [5.41, 5.74) is 3.80. The summed E-state index contributed by atoms with van der Waals surface area (Å²) < 4.78 is 0. The Morgan fingerprint density at radius 2 is 2.00 bits per heavy atom. The molecule has 0 saturated carbocycles. The smallest absolute Gasteiger partial charge is 0.0625 e. The second-order valence-electron chi connectivity index (χ2n) is 3.85. The molecule has 0 amide bonds. The van der Waals surface area contributed by atoms with Gasteiger partial charge in [-0.1, -0.05) is 13.8 Å². The summed E-state index contributed by atoms with van der Waals surface area (Å²) in [5, 5.41) is 7.18. The molecule has 0 aliphatic carbocycles. The first kappa shape index (κ1) is 9.30. The second-order valence-corrected chi connectivity index (χ2v) is 3.85. The Hall–Kier alpha value is -0.790. The molecule has 1 aromatic heterocycles. The number of nitrogens with zero attached hydrogens (tertiary/aromatic N) is 1. The van der Waals surface area contributed by atoms with Crippen LogP contribution in [0.25, 0.3) is 0 Å². The first-order valence-corrected chi connectivity index (χ1v) is 4.61. The van der Waals surface area contributed by atoms with Crippen molar-refractivity contribution in [2.75, 3.05) is 0 Å². The number of hydrogen-bond donors (Lipinski definition) is 1. The van der Waals surface area contributed by atoms with Crippen molar-refractivity contribution in [1.82, 2.24) is 10.2 Å². The van der Waals surface area contributed by atoms with Crippen LogP contribution in [0.4, 0.5) is 0 Å². The monoisotopic (exact) mass is 166 g/mol. The van der Waals surface area contributed by atoms with E-state index in [1.54, 1.807) is 0 Å². The minimum Gasteiger partial charge on any atom is -0.282 e. The molecule has 1 heterocycles. The lowest BCUT2D eigenvalue weighted by Crippen LogP contribution is -1.94. The molecular formula is C10H18N2. The predicted octanol–water partition coefficient (Wildman–Crippen LogP) is 2.62. The van der Waals surface area contributed by atoms with Crippen molar-refractivity contribution < 1.29 is 0 Å². The number of aromatic nitrogens is 2. The molecule has 0 fully saturated rings. The lowest BCUT2D eigenvalue weighted by molar-refractivity contribution is 0.585. The van der Waals surface area contributed by atoms with E-state index in [-0.39, 0.29) is 0 Å². The van der Waals surface area contributed by atoms with Crippen LogP contribution in [0.2, 0.25) is 0 Å². The van der Waals surface area contributed by atoms with Crippen LogP contribution in [-0.2, 0) is 6.42 Å². The van der Waals surface area contributed by atoms with Crippen molar-refractivity contribution in [3.05, 3.63) is 17.0 Å². The van der Waals surface area contributed by atoms with E-state index in [2.05, 4.69) is 37.9 Å². The maximum atomic E-state index is 4.17. The van der Waals surface area contributed by atoms with Gasteiger partial charge in [0.1, 0.15) is 0 Å². The van der Waals surface area contributed by atoms with E-state index in [4.69, 9.17) is 0 Å². The maximum Gasteiger partial charge on any atom is 0.0625 e. The average Bonchev–Trinajstić information content (AvgIpc) is 2.28. The van der Waals surface area contributed by atoms with Gasteiger partial charge in [-0.05, 0) is 38.2 Å². The van der Waals surface area contributed by atoms with Gasteiger partial charge in [-0.3, -0.25) is 5.10 Å². The zero-order valence-electron chi connectivity index (χ0n) is 8.44. The number of aromatic amines is 1. The number of aryl methyl sites for hydroxylation is 2. The van der Waals surface area contributed by atoms with E-state index in [1.165, 1.54) is 17.7 Å². The summed E-state index contributed by atoms with van der Waals surface area (Å²) in [5.74, 6) is 0.777. The van der Waals surface area contributed by atoms with Crippen molar-refractivity contribution in [3.63, 3.8) is 0 Å². The van der Waals surface area contributed by atoms with E-state index in [1.807, 2.05) is 0 Å². The zero-order chi connectivity index (χ0) is 9.14. The molecule has 0 aliphatic heterocycles. The second kappa shape index (κ2) is 3.74. The van der Waals surface area contributed by atoms with Crippen molar-refractivity contribution >= 4 is 0 Å². The van der Waals surface area contributed by atoms with Crippen molar-refractivity contribution in [2.45, 2.75) is 40.5 Å². The first-order valence-electron chi connectivity index (χ1n) is 4.61. The Balaban J connectivity index is 2.62. The van der Waals surface area contributed by atoms with Gasteiger partial charge in [0.15, 0.2) is 0 Å². The highest BCUT2D eigenvalue weighted by Gasteiger charge is 2.06. The molecule has 2 nitrogen and oxygen atoms in total. The van der Waals surface area contributed by atoms with Crippen molar-refractivity contribution in [2.24, 2.45) is 5.92 Å². The fourth-order valence-electron chi connectivity index (χ4n) is 1.38. The van der Waals surface area contributed by atoms with E-state index in [0.717, 1.165) is 18.0 Å². The predicted molar refractivity (Wildman–Crippen MR) is 51.2 cm³/mol. The summed E-state index contributed by atoms with van der Waals surface area (Å²) in [4.78, 5) is 0. The van der Waals surface area contributed by atoms with E-state index in [0.29, 0.717) is 0 Å². The Bertz CT molecular complexity index is 229. The number of rotatable bonds is 3. The molecule has 68 valence electrons. The van der Waals surface area contributed by atoms with Crippen LogP contribution in [-0.4, -0.2) is 10.2 Å². The lowest BCUT2D eigenvalue weighted by Gasteiger charge is -2.03. The molecule has 0 aliphatic rings. The van der Waals surface area contributed by atoms with Crippen molar-refractivity contribution in [1.29, 1.82) is 0 Å². The Kier molecular flexibility index (Phi) is 2.90. The maximum absolute atomic E-state index is 4.17. The molecule has 12 heavy (non-hydrogen) atoms. The fraction of sp³-hybridized carbons (Fsp3) is 0.700. The van der Waals surface area contributed by atoms with Crippen LogP contribution in [0, 0.1) is 19.8 Å². The number of nitrogens with one attached hydrogen (secondary N) is 1. The number of H-pyrrole nitrogens is 1. The summed E-state index contributed by atoms with van der Waals surface area (Å²) in [6, 6.07) is 0. The van der Waals surface area contributed by atoms with Gasteiger partial charge in [-0.15, -0.1) is 0 Å². The molecule has 0 atom stereocenters. The average molecular weight is 166 g/mol. The zero-order valence-corrected chi connectivity index (χ0v) is 8.44. The van der Waals surface area contributed by atoms with Gasteiger partial charge in [0, 0.05) is 5.69 Å². The van der Waals surface area contributed by atoms with Gasteiger partial charge >= 0.3 is 0 Å². The summed E-state index contributed by atoms with van der Waals surface area (Å²) in [7, 11) is 0. The minimum atomic E-state index is 0.777. The molecule has 2 heteroatoms. The topological polar surface area (TPSA) is 28.7 Å². The van der Waals surface area contributed by atoms with E-state index >= 15 is 0 Å². The van der Waals surface area contributed by atoms with Crippen LogP contribution in [0.3, 0.4) is 0 Å². The molecule has 0 spiro atoms. The fourth-order valence-corrected chi connectivity index (χ4v) is 1.38. The Morgan fingerprint density at radius 1 is 1.33 bits per heavy atom. The normalized spacial score (nSPS) is 11.1. The van der Waals surface area contributed by atoms with Gasteiger partial charge in [-0.25, -0.2) is 0 Å². The SMILES string of the molecule is Cc1n[nH]c(C)c1CCC(C)C. The van der Waals surface area contributed by atoms with Gasteiger partial charge in [0.2, 0.25) is 0 Å². The van der Waals surface area contributed by atoms with E-state index in [9.17, 15) is 0 Å². The lowest BCUT2D eigenvalue weighted by atomic mass is 10.0. The van der Waals surface area contributed by atoms with Crippen LogP contribution >= 0.6 is 0 Å². The quantitative estimate of drug-likeness (QED) is 0.734. The number of hydrogen-bond acceptors (Lipinski definition) is 1. The standard InChI is InChI=1S/C10H18N2/c1-7(2)5-6-10-8(3)11-12-9(10)4/h7H,5-6H2,1-4H3,(H,11,12). The van der Waals surface area contributed by atoms with Gasteiger partial charge in [0.25, 0.3) is 0 Å². The molecule has 1 rings (SSSR count). The highest BCUT2D eigenvalue weighted by Crippen LogP contribution is 2.14. The van der Waals surface area contributed by atoms with Gasteiger partial charge in [-0.2, -0.15) is 5.10 Å². The molecule has 0 radical (unpaired) electrons. The molecule has 0 aromatic carbocycles. The first-order chi connectivity index (χ1) is 5.61. The van der Waals surface area contributed by atoms with E-state index < -0.39 is 0 Å². The van der Waals surface area contributed by atoms with Crippen LogP contribution in [0.1, 0.15) is 37.2 Å². The third-order valence-electron chi connectivity index (χ3n) is 2.25. The summed E-state index contributed by atoms with van der Waals surface area (Å²) >= 11 is 0. The molecule has 0 bridgehead atoms. The molecule has 1 aromatic rings. The molecule has 0 unspecified atom stereocenters. The minimum absolute atomic E-state index is 0.777. The highest BCUT2D eigenvalue weighted by molar-refractivity contribution is 5.22. The van der Waals surface area contributed by atoms with Crippen LogP contribution in [0.5, 0.6) is 0 Å². The summed E-state index contributed by atoms with van der Waals surface area (Å²) in [6.07, 6.45) is 2.41. The summed E-state index contributed by atoms with van der Waals surface area (Å²) in [6.45, 7) is 8.67. The Morgan fingerprint density at radius 3 is 2.42 bits per heavy atom.